The Morgan fingerprint density at radius 3 is 1.27 bits per heavy atom. The third kappa shape index (κ3) is 26.5. The minimum absolute atomic E-state index is 0.0898. The van der Waals surface area contributed by atoms with Crippen molar-refractivity contribution < 1.29 is 14.3 Å². The van der Waals surface area contributed by atoms with Crippen molar-refractivity contribution in [2.75, 3.05) is 6.61 Å². The highest BCUT2D eigenvalue weighted by molar-refractivity contribution is 5.81. The molecule has 3 heteroatoms. The van der Waals surface area contributed by atoms with E-state index in [-0.39, 0.29) is 11.9 Å². The van der Waals surface area contributed by atoms with Crippen LogP contribution in [0.25, 0.3) is 0 Å². The molecule has 0 aliphatic carbocycles. The second-order valence-corrected chi connectivity index (χ2v) is 11.6. The highest BCUT2D eigenvalue weighted by Crippen LogP contribution is 2.18. The first-order chi connectivity index (χ1) is 18.2. The molecule has 220 valence electrons. The fourth-order valence-electron chi connectivity index (χ4n) is 5.17. The van der Waals surface area contributed by atoms with Crippen LogP contribution in [0.1, 0.15) is 194 Å². The number of hydrogen-bond donors (Lipinski definition) is 0. The van der Waals surface area contributed by atoms with Crippen LogP contribution in [0.5, 0.6) is 0 Å². The second-order valence-electron chi connectivity index (χ2n) is 11.6. The average molecular weight is 523 g/mol. The van der Waals surface area contributed by atoms with Crippen LogP contribution in [-0.2, 0) is 14.3 Å². The fraction of sp³-hybridized carbons (Fsp3) is 0.941. The van der Waals surface area contributed by atoms with Crippen molar-refractivity contribution in [3.63, 3.8) is 0 Å². The first-order valence-electron chi connectivity index (χ1n) is 16.8. The van der Waals surface area contributed by atoms with Crippen LogP contribution in [-0.4, -0.2) is 18.4 Å². The molecule has 0 saturated heterocycles. The van der Waals surface area contributed by atoms with Gasteiger partial charge >= 0.3 is 5.97 Å². The van der Waals surface area contributed by atoms with Gasteiger partial charge in [0, 0.05) is 12.8 Å². The minimum atomic E-state index is -0.107. The van der Waals surface area contributed by atoms with E-state index in [1.807, 2.05) is 0 Å². The van der Waals surface area contributed by atoms with Gasteiger partial charge in [-0.15, -0.1) is 0 Å². The second kappa shape index (κ2) is 29.7. The van der Waals surface area contributed by atoms with Crippen molar-refractivity contribution in [3.05, 3.63) is 0 Å². The van der Waals surface area contributed by atoms with Gasteiger partial charge in [-0.1, -0.05) is 162 Å². The van der Waals surface area contributed by atoms with Crippen LogP contribution in [0, 0.1) is 5.92 Å². The van der Waals surface area contributed by atoms with E-state index in [2.05, 4.69) is 20.8 Å². The summed E-state index contributed by atoms with van der Waals surface area (Å²) in [5.41, 5.74) is 0. The molecule has 0 radical (unpaired) electrons. The molecule has 0 spiro atoms. The highest BCUT2D eigenvalue weighted by Gasteiger charge is 2.19. The Bertz CT molecular complexity index is 487. The van der Waals surface area contributed by atoms with E-state index in [1.165, 1.54) is 116 Å². The Morgan fingerprint density at radius 1 is 0.459 bits per heavy atom. The Morgan fingerprint density at radius 2 is 0.811 bits per heavy atom. The smallest absolute Gasteiger partial charge is 0.305 e. The van der Waals surface area contributed by atoms with E-state index in [0.29, 0.717) is 25.2 Å². The Kier molecular flexibility index (Phi) is 29.0. The molecular formula is C34H66O3. The lowest BCUT2D eigenvalue weighted by Crippen LogP contribution is -2.22. The quantitative estimate of drug-likeness (QED) is 0.0695. The van der Waals surface area contributed by atoms with Crippen LogP contribution >= 0.6 is 0 Å². The van der Waals surface area contributed by atoms with Crippen LogP contribution in [0.3, 0.4) is 0 Å². The van der Waals surface area contributed by atoms with Crippen molar-refractivity contribution >= 4 is 11.8 Å². The summed E-state index contributed by atoms with van der Waals surface area (Å²) < 4.78 is 5.59. The third-order valence-corrected chi connectivity index (χ3v) is 7.82. The molecule has 0 heterocycles. The van der Waals surface area contributed by atoms with Crippen LogP contribution in [0.2, 0.25) is 0 Å². The maximum Gasteiger partial charge on any atom is 0.305 e. The number of Topliss-reactive ketones (excluding diaryl/α,β-unsaturated/α-hetero) is 1. The number of ketones is 1. The Labute approximate surface area is 232 Å². The predicted molar refractivity (Wildman–Crippen MR) is 161 cm³/mol. The number of unbranched alkanes of at least 4 members (excludes halogenated alkanes) is 21. The van der Waals surface area contributed by atoms with Gasteiger partial charge in [0.1, 0.15) is 12.4 Å². The molecule has 37 heavy (non-hydrogen) atoms. The largest absolute Gasteiger partial charge is 0.465 e. The summed E-state index contributed by atoms with van der Waals surface area (Å²) in [6.45, 7) is 6.98. The lowest BCUT2D eigenvalue weighted by Gasteiger charge is -2.16. The molecule has 0 aliphatic heterocycles. The zero-order valence-corrected chi connectivity index (χ0v) is 25.6. The van der Waals surface area contributed by atoms with Gasteiger partial charge in [-0.3, -0.25) is 9.59 Å². The van der Waals surface area contributed by atoms with E-state index >= 15 is 0 Å². The van der Waals surface area contributed by atoms with E-state index in [9.17, 15) is 9.59 Å². The van der Waals surface area contributed by atoms with Crippen LogP contribution < -0.4 is 0 Å². The number of rotatable bonds is 30. The molecule has 0 fully saturated rings. The molecule has 0 saturated carbocycles. The Hall–Kier alpha value is -0.860. The molecule has 1 atom stereocenters. The van der Waals surface area contributed by atoms with Crippen molar-refractivity contribution in [1.29, 1.82) is 0 Å². The van der Waals surface area contributed by atoms with E-state index in [0.717, 1.165) is 44.9 Å². The first-order valence-corrected chi connectivity index (χ1v) is 16.8. The summed E-state index contributed by atoms with van der Waals surface area (Å²) in [6.07, 6.45) is 32.5. The Balaban J connectivity index is 3.80. The maximum atomic E-state index is 12.7. The molecule has 3 nitrogen and oxygen atoms in total. The van der Waals surface area contributed by atoms with Gasteiger partial charge in [0.15, 0.2) is 0 Å². The molecule has 0 aliphatic rings. The molecule has 0 bridgehead atoms. The molecule has 0 rings (SSSR count). The van der Waals surface area contributed by atoms with Crippen LogP contribution in [0.4, 0.5) is 0 Å². The third-order valence-electron chi connectivity index (χ3n) is 7.82. The van der Waals surface area contributed by atoms with E-state index < -0.39 is 0 Å². The molecule has 0 aromatic rings. The molecule has 1 unspecified atom stereocenters. The number of carbonyl (C=O) groups is 2. The summed E-state index contributed by atoms with van der Waals surface area (Å²) in [5, 5.41) is 0. The van der Waals surface area contributed by atoms with Crippen molar-refractivity contribution in [3.8, 4) is 0 Å². The SMILES string of the molecule is CCCCCCCCCCCCCCCCCC(=O)OCC(CCCCCCCC)C(=O)CCCCC. The van der Waals surface area contributed by atoms with Crippen molar-refractivity contribution in [2.24, 2.45) is 5.92 Å². The lowest BCUT2D eigenvalue weighted by atomic mass is 9.93. The molecular weight excluding hydrogens is 456 g/mol. The number of hydrogen-bond acceptors (Lipinski definition) is 3. The van der Waals surface area contributed by atoms with Gasteiger partial charge in [0.05, 0.1) is 5.92 Å². The van der Waals surface area contributed by atoms with E-state index in [1.54, 1.807) is 0 Å². The lowest BCUT2D eigenvalue weighted by molar-refractivity contribution is -0.146. The monoisotopic (exact) mass is 523 g/mol. The van der Waals surface area contributed by atoms with Gasteiger partial charge in [0.2, 0.25) is 0 Å². The summed E-state index contributed by atoms with van der Waals surface area (Å²) in [4.78, 5) is 25.0. The van der Waals surface area contributed by atoms with E-state index in [4.69, 9.17) is 4.74 Å². The number of carbonyl (C=O) groups excluding carboxylic acids is 2. The van der Waals surface area contributed by atoms with Gasteiger partial charge in [0.25, 0.3) is 0 Å². The normalized spacial score (nSPS) is 12.1. The average Bonchev–Trinajstić information content (AvgIpc) is 2.90. The fourth-order valence-corrected chi connectivity index (χ4v) is 5.17. The molecule has 0 aromatic heterocycles. The molecule has 0 N–H and O–H groups in total. The topological polar surface area (TPSA) is 43.4 Å². The minimum Gasteiger partial charge on any atom is -0.465 e. The number of ether oxygens (including phenoxy) is 1. The summed E-state index contributed by atoms with van der Waals surface area (Å²) >= 11 is 0. The van der Waals surface area contributed by atoms with Crippen molar-refractivity contribution in [1.82, 2.24) is 0 Å². The summed E-state index contributed by atoms with van der Waals surface area (Å²) in [7, 11) is 0. The number of esters is 1. The zero-order chi connectivity index (χ0) is 27.2. The first kappa shape index (κ1) is 36.1. The predicted octanol–water partition coefficient (Wildman–Crippen LogP) is 11.3. The zero-order valence-electron chi connectivity index (χ0n) is 25.6. The van der Waals surface area contributed by atoms with Crippen molar-refractivity contribution in [2.45, 2.75) is 194 Å². The van der Waals surface area contributed by atoms with Crippen LogP contribution in [0.15, 0.2) is 0 Å². The molecule has 0 amide bonds. The molecule has 0 aromatic carbocycles. The van der Waals surface area contributed by atoms with Gasteiger partial charge in [-0.05, 0) is 19.3 Å². The van der Waals surface area contributed by atoms with Gasteiger partial charge < -0.3 is 4.74 Å². The highest BCUT2D eigenvalue weighted by atomic mass is 16.5. The standard InChI is InChI=1S/C34H66O3/c1-4-7-10-12-14-15-16-17-18-19-20-21-22-24-27-30-34(36)37-31-32(33(35)29-25-9-6-3)28-26-23-13-11-8-5-2/h32H,4-31H2,1-3H3. The summed E-state index contributed by atoms with van der Waals surface area (Å²) in [5.74, 6) is 0.110. The summed E-state index contributed by atoms with van der Waals surface area (Å²) in [6, 6.07) is 0. The van der Waals surface area contributed by atoms with Gasteiger partial charge in [-0.2, -0.15) is 0 Å². The maximum absolute atomic E-state index is 12.7. The van der Waals surface area contributed by atoms with Gasteiger partial charge in [-0.25, -0.2) is 0 Å².